The van der Waals surface area contributed by atoms with Crippen LogP contribution in [-0.4, -0.2) is 33.1 Å². The van der Waals surface area contributed by atoms with Crippen molar-refractivity contribution < 1.29 is 17.9 Å². The minimum Gasteiger partial charge on any atom is -0.486 e. The summed E-state index contributed by atoms with van der Waals surface area (Å²) < 4.78 is 33.8. The molecular formula is C14H21NO4S. The number of hydrogen-bond donors (Lipinski definition) is 1. The first-order valence-electron chi connectivity index (χ1n) is 6.87. The number of ether oxygens (including phenoxy) is 2. The molecule has 0 saturated heterocycles. The third kappa shape index (κ3) is 3.86. The zero-order valence-corrected chi connectivity index (χ0v) is 12.5. The third-order valence-corrected chi connectivity index (χ3v) is 5.20. The summed E-state index contributed by atoms with van der Waals surface area (Å²) in [5.74, 6) is 1.83. The van der Waals surface area contributed by atoms with E-state index < -0.39 is 9.84 Å². The Morgan fingerprint density at radius 3 is 2.65 bits per heavy atom. The second-order valence-electron chi connectivity index (χ2n) is 4.89. The van der Waals surface area contributed by atoms with E-state index >= 15 is 0 Å². The van der Waals surface area contributed by atoms with Gasteiger partial charge in [0.05, 0.1) is 5.75 Å². The van der Waals surface area contributed by atoms with Crippen molar-refractivity contribution in [1.29, 1.82) is 0 Å². The Hall–Kier alpha value is -1.27. The first kappa shape index (κ1) is 15.1. The number of rotatable bonds is 6. The van der Waals surface area contributed by atoms with E-state index in [9.17, 15) is 8.42 Å². The topological polar surface area (TPSA) is 78.6 Å². The lowest BCUT2D eigenvalue weighted by Gasteiger charge is -2.20. The van der Waals surface area contributed by atoms with E-state index in [1.54, 1.807) is 6.92 Å². The van der Waals surface area contributed by atoms with Crippen molar-refractivity contribution in [3.8, 4) is 11.5 Å². The van der Waals surface area contributed by atoms with E-state index in [0.717, 1.165) is 11.3 Å². The van der Waals surface area contributed by atoms with Crippen LogP contribution in [0.3, 0.4) is 0 Å². The molecule has 0 saturated carbocycles. The molecule has 1 aromatic carbocycles. The van der Waals surface area contributed by atoms with E-state index in [1.807, 2.05) is 18.2 Å². The van der Waals surface area contributed by atoms with Gasteiger partial charge in [0.15, 0.2) is 11.5 Å². The number of sulfone groups is 1. The van der Waals surface area contributed by atoms with Crippen LogP contribution in [0.1, 0.15) is 31.4 Å². The van der Waals surface area contributed by atoms with E-state index in [0.29, 0.717) is 31.8 Å². The number of fused-ring (bicyclic) bond motifs is 1. The van der Waals surface area contributed by atoms with Gasteiger partial charge in [0.1, 0.15) is 23.1 Å². The van der Waals surface area contributed by atoms with Gasteiger partial charge >= 0.3 is 0 Å². The third-order valence-electron chi connectivity index (χ3n) is 3.40. The summed E-state index contributed by atoms with van der Waals surface area (Å²) in [5, 5.41) is 0. The molecule has 0 fully saturated rings. The molecule has 0 aromatic heterocycles. The highest BCUT2D eigenvalue weighted by Gasteiger charge is 2.15. The summed E-state index contributed by atoms with van der Waals surface area (Å²) >= 11 is 0. The minimum absolute atomic E-state index is 0.183. The van der Waals surface area contributed by atoms with Crippen molar-refractivity contribution in [1.82, 2.24) is 0 Å². The van der Waals surface area contributed by atoms with Gasteiger partial charge in [-0.3, -0.25) is 0 Å². The minimum atomic E-state index is -2.91. The normalized spacial score (nSPS) is 15.9. The Kier molecular flexibility index (Phi) is 4.88. The van der Waals surface area contributed by atoms with Crippen LogP contribution < -0.4 is 15.2 Å². The van der Waals surface area contributed by atoms with Crippen LogP contribution in [-0.2, 0) is 9.84 Å². The molecule has 0 bridgehead atoms. The maximum atomic E-state index is 11.4. The highest BCUT2D eigenvalue weighted by Crippen LogP contribution is 2.32. The lowest BCUT2D eigenvalue weighted by molar-refractivity contribution is 0.171. The Morgan fingerprint density at radius 2 is 1.95 bits per heavy atom. The quantitative estimate of drug-likeness (QED) is 0.864. The van der Waals surface area contributed by atoms with Gasteiger partial charge in [-0.05, 0) is 30.5 Å². The predicted molar refractivity (Wildman–Crippen MR) is 77.9 cm³/mol. The smallest absolute Gasteiger partial charge is 0.161 e. The molecular weight excluding hydrogens is 278 g/mol. The molecule has 1 heterocycles. The monoisotopic (exact) mass is 299 g/mol. The Balaban J connectivity index is 1.94. The maximum Gasteiger partial charge on any atom is 0.161 e. The first-order valence-corrected chi connectivity index (χ1v) is 8.69. The molecule has 6 heteroatoms. The maximum absolute atomic E-state index is 11.4. The SMILES string of the molecule is CCS(=O)(=O)CCCC(N)c1ccc2c(c1)OCCO2. The molecule has 5 nitrogen and oxygen atoms in total. The van der Waals surface area contributed by atoms with Gasteiger partial charge in [0.25, 0.3) is 0 Å². The van der Waals surface area contributed by atoms with Gasteiger partial charge in [-0.1, -0.05) is 13.0 Å². The van der Waals surface area contributed by atoms with Crippen molar-refractivity contribution in [3.63, 3.8) is 0 Å². The predicted octanol–water partition coefficient (Wildman–Crippen LogP) is 1.67. The fourth-order valence-electron chi connectivity index (χ4n) is 2.12. The Bertz CT molecular complexity index is 556. The van der Waals surface area contributed by atoms with Gasteiger partial charge in [0.2, 0.25) is 0 Å². The lowest BCUT2D eigenvalue weighted by atomic mass is 10.0. The lowest BCUT2D eigenvalue weighted by Crippen LogP contribution is -2.17. The van der Waals surface area contributed by atoms with Gasteiger partial charge in [-0.15, -0.1) is 0 Å². The summed E-state index contributed by atoms with van der Waals surface area (Å²) in [6.45, 7) is 2.77. The average Bonchev–Trinajstić information content (AvgIpc) is 2.46. The summed E-state index contributed by atoms with van der Waals surface area (Å²) in [6, 6.07) is 5.46. The highest BCUT2D eigenvalue weighted by molar-refractivity contribution is 7.91. The summed E-state index contributed by atoms with van der Waals surface area (Å²) in [5.41, 5.74) is 7.06. The highest BCUT2D eigenvalue weighted by atomic mass is 32.2. The molecule has 2 rings (SSSR count). The van der Waals surface area contributed by atoms with Crippen molar-refractivity contribution in [2.75, 3.05) is 24.7 Å². The molecule has 1 aliphatic rings. The van der Waals surface area contributed by atoms with E-state index in [-0.39, 0.29) is 17.5 Å². The molecule has 0 radical (unpaired) electrons. The average molecular weight is 299 g/mol. The first-order chi connectivity index (χ1) is 9.52. The second-order valence-corrected chi connectivity index (χ2v) is 7.36. The number of benzene rings is 1. The van der Waals surface area contributed by atoms with Gasteiger partial charge in [0, 0.05) is 11.8 Å². The van der Waals surface area contributed by atoms with E-state index in [1.165, 1.54) is 0 Å². The van der Waals surface area contributed by atoms with Crippen molar-refractivity contribution in [2.45, 2.75) is 25.8 Å². The van der Waals surface area contributed by atoms with Gasteiger partial charge in [-0.25, -0.2) is 8.42 Å². The van der Waals surface area contributed by atoms with Crippen LogP contribution in [0.2, 0.25) is 0 Å². The van der Waals surface area contributed by atoms with Crippen LogP contribution in [0.5, 0.6) is 11.5 Å². The fraction of sp³-hybridized carbons (Fsp3) is 0.571. The van der Waals surface area contributed by atoms with E-state index in [2.05, 4.69) is 0 Å². The van der Waals surface area contributed by atoms with Gasteiger partial charge < -0.3 is 15.2 Å². The Labute approximate surface area is 120 Å². The largest absolute Gasteiger partial charge is 0.486 e. The molecule has 1 atom stereocenters. The molecule has 2 N–H and O–H groups in total. The van der Waals surface area contributed by atoms with Crippen LogP contribution >= 0.6 is 0 Å². The van der Waals surface area contributed by atoms with Crippen molar-refractivity contribution in [2.24, 2.45) is 5.73 Å². The molecule has 0 aliphatic carbocycles. The molecule has 0 amide bonds. The standard InChI is InChI=1S/C14H21NO4S/c1-2-20(16,17)9-3-4-12(15)11-5-6-13-14(10-11)19-8-7-18-13/h5-6,10,12H,2-4,7-9,15H2,1H3. The number of nitrogens with two attached hydrogens (primary N) is 1. The zero-order valence-electron chi connectivity index (χ0n) is 11.7. The zero-order chi connectivity index (χ0) is 14.6. The second kappa shape index (κ2) is 6.45. The van der Waals surface area contributed by atoms with Crippen LogP contribution in [0.4, 0.5) is 0 Å². The molecule has 1 aliphatic heterocycles. The molecule has 112 valence electrons. The Morgan fingerprint density at radius 1 is 1.25 bits per heavy atom. The van der Waals surface area contributed by atoms with Crippen LogP contribution in [0.25, 0.3) is 0 Å². The van der Waals surface area contributed by atoms with Crippen molar-refractivity contribution in [3.05, 3.63) is 23.8 Å². The molecule has 0 spiro atoms. The summed E-state index contributed by atoms with van der Waals surface area (Å²) in [4.78, 5) is 0. The van der Waals surface area contributed by atoms with E-state index in [4.69, 9.17) is 15.2 Å². The van der Waals surface area contributed by atoms with Crippen LogP contribution in [0.15, 0.2) is 18.2 Å². The molecule has 1 unspecified atom stereocenters. The fourth-order valence-corrected chi connectivity index (χ4v) is 3.02. The van der Waals surface area contributed by atoms with Crippen molar-refractivity contribution >= 4 is 9.84 Å². The molecule has 1 aromatic rings. The summed E-state index contributed by atoms with van der Waals surface area (Å²) in [6.07, 6.45) is 1.21. The van der Waals surface area contributed by atoms with Crippen LogP contribution in [0, 0.1) is 0 Å². The molecule has 20 heavy (non-hydrogen) atoms. The summed E-state index contributed by atoms with van der Waals surface area (Å²) in [7, 11) is -2.91. The number of hydrogen-bond acceptors (Lipinski definition) is 5. The van der Waals surface area contributed by atoms with Gasteiger partial charge in [-0.2, -0.15) is 0 Å².